The van der Waals surface area contributed by atoms with Crippen molar-refractivity contribution in [1.82, 2.24) is 9.66 Å². The molecule has 0 fully saturated rings. The lowest BCUT2D eigenvalue weighted by atomic mass is 10.1. The zero-order valence-electron chi connectivity index (χ0n) is 14.6. The highest BCUT2D eigenvalue weighted by molar-refractivity contribution is 9.10. The van der Waals surface area contributed by atoms with Crippen LogP contribution in [-0.2, 0) is 0 Å². The fourth-order valence-electron chi connectivity index (χ4n) is 2.61. The van der Waals surface area contributed by atoms with Crippen LogP contribution in [0.25, 0.3) is 10.9 Å². The van der Waals surface area contributed by atoms with Crippen molar-refractivity contribution in [1.29, 1.82) is 0 Å². The minimum absolute atomic E-state index is 0.0543. The van der Waals surface area contributed by atoms with Crippen molar-refractivity contribution < 1.29 is 9.53 Å². The Morgan fingerprint density at radius 3 is 2.65 bits per heavy atom. The molecule has 0 aliphatic heterocycles. The molecule has 7 heteroatoms. The van der Waals surface area contributed by atoms with Gasteiger partial charge in [-0.05, 0) is 46.3 Å². The number of nitrogens with zero attached hydrogens (tertiary/aromatic N) is 2. The molecule has 1 heterocycles. The number of halogens is 1. The van der Waals surface area contributed by atoms with E-state index in [4.69, 9.17) is 4.74 Å². The van der Waals surface area contributed by atoms with E-state index >= 15 is 0 Å². The summed E-state index contributed by atoms with van der Waals surface area (Å²) in [6.07, 6.45) is 0. The fourth-order valence-corrected chi connectivity index (χ4v) is 3.04. The summed E-state index contributed by atoms with van der Waals surface area (Å²) < 4.78 is 7.00. The smallest absolute Gasteiger partial charge is 0.280 e. The maximum Gasteiger partial charge on any atom is 0.280 e. The lowest BCUT2D eigenvalue weighted by molar-refractivity contribution is 0.100. The van der Waals surface area contributed by atoms with E-state index in [0.29, 0.717) is 32.5 Å². The first kappa shape index (κ1) is 18.1. The van der Waals surface area contributed by atoms with Gasteiger partial charge in [-0.1, -0.05) is 26.0 Å². The Morgan fingerprint density at radius 2 is 1.96 bits per heavy atom. The number of carbonyl (C=O) groups excluding carboxylic acids is 1. The summed E-state index contributed by atoms with van der Waals surface area (Å²) in [7, 11) is 1.53. The Labute approximate surface area is 158 Å². The predicted octanol–water partition coefficient (Wildman–Crippen LogP) is 3.67. The van der Waals surface area contributed by atoms with Gasteiger partial charge in [0.25, 0.3) is 11.5 Å². The van der Waals surface area contributed by atoms with Crippen molar-refractivity contribution in [3.63, 3.8) is 0 Å². The van der Waals surface area contributed by atoms with Crippen LogP contribution in [-0.4, -0.2) is 22.7 Å². The SMILES string of the molecule is COc1ccc(Br)c(C(=O)Nn2c(C(C)C)nc3ccccc3c2=O)c1. The van der Waals surface area contributed by atoms with Crippen molar-refractivity contribution in [2.45, 2.75) is 19.8 Å². The van der Waals surface area contributed by atoms with Crippen LogP contribution in [0.4, 0.5) is 0 Å². The van der Waals surface area contributed by atoms with Gasteiger partial charge in [-0.2, -0.15) is 0 Å². The standard InChI is InChI=1S/C19H18BrN3O3/c1-11(2)17-21-16-7-5-4-6-13(16)19(25)23(17)22-18(24)14-10-12(26-3)8-9-15(14)20/h4-11H,1-3H3,(H,22,24). The van der Waals surface area contributed by atoms with Gasteiger partial charge in [0.05, 0.1) is 23.6 Å². The van der Waals surface area contributed by atoms with E-state index in [1.54, 1.807) is 36.4 Å². The summed E-state index contributed by atoms with van der Waals surface area (Å²) in [5, 5.41) is 0.446. The quantitative estimate of drug-likeness (QED) is 0.705. The molecule has 3 rings (SSSR count). The molecule has 26 heavy (non-hydrogen) atoms. The van der Waals surface area contributed by atoms with Crippen molar-refractivity contribution in [3.8, 4) is 5.75 Å². The molecule has 0 bridgehead atoms. The lowest BCUT2D eigenvalue weighted by Crippen LogP contribution is -2.37. The summed E-state index contributed by atoms with van der Waals surface area (Å²) in [6, 6.07) is 12.1. The zero-order valence-corrected chi connectivity index (χ0v) is 16.2. The van der Waals surface area contributed by atoms with Crippen LogP contribution in [0.15, 0.2) is 51.7 Å². The van der Waals surface area contributed by atoms with Gasteiger partial charge in [-0.25, -0.2) is 9.66 Å². The molecule has 0 aliphatic carbocycles. The number of aromatic nitrogens is 2. The molecule has 0 atom stereocenters. The van der Waals surface area contributed by atoms with Crippen LogP contribution < -0.4 is 15.7 Å². The maximum absolute atomic E-state index is 12.9. The molecule has 0 aliphatic rings. The highest BCUT2D eigenvalue weighted by Gasteiger charge is 2.18. The average molecular weight is 416 g/mol. The Balaban J connectivity index is 2.11. The van der Waals surface area contributed by atoms with E-state index in [2.05, 4.69) is 26.3 Å². The van der Waals surface area contributed by atoms with Gasteiger partial charge >= 0.3 is 0 Å². The number of nitrogens with one attached hydrogen (secondary N) is 1. The Kier molecular flexibility index (Phi) is 5.08. The number of fused-ring (bicyclic) bond motifs is 1. The lowest BCUT2D eigenvalue weighted by Gasteiger charge is -2.17. The zero-order chi connectivity index (χ0) is 18.8. The molecule has 0 spiro atoms. The molecule has 6 nitrogen and oxygen atoms in total. The number of benzene rings is 2. The molecule has 0 saturated carbocycles. The van der Waals surface area contributed by atoms with Gasteiger partial charge in [0.15, 0.2) is 0 Å². The van der Waals surface area contributed by atoms with Crippen molar-refractivity contribution in [3.05, 3.63) is 68.7 Å². The van der Waals surface area contributed by atoms with E-state index in [9.17, 15) is 9.59 Å². The van der Waals surface area contributed by atoms with Crippen LogP contribution in [0, 0.1) is 0 Å². The normalized spacial score (nSPS) is 11.0. The molecule has 0 radical (unpaired) electrons. The van der Waals surface area contributed by atoms with E-state index in [1.807, 2.05) is 19.9 Å². The number of ether oxygens (including phenoxy) is 1. The van der Waals surface area contributed by atoms with Crippen LogP contribution in [0.2, 0.25) is 0 Å². The molecule has 1 N–H and O–H groups in total. The molecule has 3 aromatic rings. The largest absolute Gasteiger partial charge is 0.497 e. The predicted molar refractivity (Wildman–Crippen MR) is 104 cm³/mol. The van der Waals surface area contributed by atoms with Crippen LogP contribution >= 0.6 is 15.9 Å². The van der Waals surface area contributed by atoms with E-state index in [-0.39, 0.29) is 11.5 Å². The molecule has 2 aromatic carbocycles. The first-order chi connectivity index (χ1) is 12.4. The molecular weight excluding hydrogens is 398 g/mol. The third-order valence-electron chi connectivity index (χ3n) is 3.95. The summed E-state index contributed by atoms with van der Waals surface area (Å²) in [5.74, 6) is 0.547. The van der Waals surface area contributed by atoms with Gasteiger partial charge in [0.2, 0.25) is 0 Å². The first-order valence-corrected chi connectivity index (χ1v) is 8.88. The minimum Gasteiger partial charge on any atom is -0.497 e. The Morgan fingerprint density at radius 1 is 1.23 bits per heavy atom. The maximum atomic E-state index is 12.9. The van der Waals surface area contributed by atoms with Crippen LogP contribution in [0.3, 0.4) is 0 Å². The second-order valence-corrected chi connectivity index (χ2v) is 6.92. The van der Waals surface area contributed by atoms with E-state index in [0.717, 1.165) is 0 Å². The van der Waals surface area contributed by atoms with Gasteiger partial charge in [0.1, 0.15) is 11.6 Å². The Hall–Kier alpha value is -2.67. The second kappa shape index (κ2) is 7.29. The Bertz CT molecular complexity index is 1040. The first-order valence-electron chi connectivity index (χ1n) is 8.09. The van der Waals surface area contributed by atoms with Gasteiger partial charge in [0, 0.05) is 10.4 Å². The highest BCUT2D eigenvalue weighted by atomic mass is 79.9. The van der Waals surface area contributed by atoms with Crippen LogP contribution in [0.1, 0.15) is 35.9 Å². The summed E-state index contributed by atoms with van der Waals surface area (Å²) in [4.78, 5) is 30.2. The molecule has 1 amide bonds. The molecule has 0 unspecified atom stereocenters. The number of hydrogen-bond acceptors (Lipinski definition) is 4. The number of hydrogen-bond donors (Lipinski definition) is 1. The minimum atomic E-state index is -0.433. The van der Waals surface area contributed by atoms with Crippen molar-refractivity contribution >= 4 is 32.7 Å². The molecule has 0 saturated heterocycles. The monoisotopic (exact) mass is 415 g/mol. The molecular formula is C19H18BrN3O3. The average Bonchev–Trinajstić information content (AvgIpc) is 2.64. The number of para-hydroxylation sites is 1. The summed E-state index contributed by atoms with van der Waals surface area (Å²) in [6.45, 7) is 3.83. The molecule has 134 valence electrons. The topological polar surface area (TPSA) is 73.2 Å². The fraction of sp³-hybridized carbons (Fsp3) is 0.211. The van der Waals surface area contributed by atoms with Gasteiger partial charge < -0.3 is 4.74 Å². The molecule has 1 aromatic heterocycles. The van der Waals surface area contributed by atoms with Gasteiger partial charge in [-0.15, -0.1) is 0 Å². The number of amides is 1. The number of rotatable bonds is 4. The highest BCUT2D eigenvalue weighted by Crippen LogP contribution is 2.23. The summed E-state index contributed by atoms with van der Waals surface area (Å²) in [5.41, 5.74) is 3.33. The second-order valence-electron chi connectivity index (χ2n) is 6.07. The number of methoxy groups -OCH3 is 1. The summed E-state index contributed by atoms with van der Waals surface area (Å²) >= 11 is 3.36. The number of carbonyl (C=O) groups is 1. The third kappa shape index (κ3) is 3.35. The van der Waals surface area contributed by atoms with E-state index in [1.165, 1.54) is 11.8 Å². The third-order valence-corrected chi connectivity index (χ3v) is 4.64. The van der Waals surface area contributed by atoms with Crippen molar-refractivity contribution in [2.24, 2.45) is 0 Å². The van der Waals surface area contributed by atoms with Crippen molar-refractivity contribution in [2.75, 3.05) is 12.5 Å². The van der Waals surface area contributed by atoms with E-state index < -0.39 is 5.91 Å². The van der Waals surface area contributed by atoms with Gasteiger partial charge in [-0.3, -0.25) is 15.0 Å². The van der Waals surface area contributed by atoms with Crippen LogP contribution in [0.5, 0.6) is 5.75 Å².